The number of unbranched alkanes of at least 4 members (excludes halogenated alkanes) is 4. The van der Waals surface area contributed by atoms with E-state index in [0.29, 0.717) is 6.61 Å². The molecule has 0 unspecified atom stereocenters. The molecule has 0 amide bonds. The monoisotopic (exact) mass is 302 g/mol. The zero-order valence-electron chi connectivity index (χ0n) is 13.0. The summed E-state index contributed by atoms with van der Waals surface area (Å²) in [4.78, 5) is 0. The molecule has 0 radical (unpaired) electrons. The maximum atomic E-state index is 9.77. The second kappa shape index (κ2) is 11.2. The van der Waals surface area contributed by atoms with E-state index in [9.17, 15) is 10.2 Å². The van der Waals surface area contributed by atoms with Gasteiger partial charge in [-0.3, -0.25) is 0 Å². The molecule has 0 aromatic carbocycles. The van der Waals surface area contributed by atoms with Crippen molar-refractivity contribution in [1.29, 1.82) is 0 Å². The van der Waals surface area contributed by atoms with Crippen LogP contribution in [0.5, 0.6) is 0 Å². The van der Waals surface area contributed by atoms with Crippen molar-refractivity contribution < 1.29 is 24.8 Å². The Bertz CT molecular complexity index is 282. The molecule has 0 bridgehead atoms. The number of hydrogen-bond acceptors (Lipinski definition) is 5. The van der Waals surface area contributed by atoms with Crippen molar-refractivity contribution in [2.24, 2.45) is 0 Å². The van der Waals surface area contributed by atoms with Gasteiger partial charge in [-0.05, 0) is 25.7 Å². The number of aliphatic hydroxyl groups is 3. The van der Waals surface area contributed by atoms with Crippen LogP contribution in [0.15, 0.2) is 12.2 Å². The zero-order chi connectivity index (χ0) is 15.5. The predicted octanol–water partition coefficient (Wildman–Crippen LogP) is 1.40. The summed E-state index contributed by atoms with van der Waals surface area (Å²) in [5, 5.41) is 28.3. The summed E-state index contributed by atoms with van der Waals surface area (Å²) in [7, 11) is 0. The highest BCUT2D eigenvalue weighted by Gasteiger charge is 2.40. The Morgan fingerprint density at radius 1 is 1.24 bits per heavy atom. The van der Waals surface area contributed by atoms with E-state index in [1.807, 2.05) is 0 Å². The highest BCUT2D eigenvalue weighted by atomic mass is 16.6. The van der Waals surface area contributed by atoms with Crippen LogP contribution >= 0.6 is 0 Å². The van der Waals surface area contributed by atoms with Gasteiger partial charge in [-0.2, -0.15) is 0 Å². The summed E-state index contributed by atoms with van der Waals surface area (Å²) >= 11 is 0. The lowest BCUT2D eigenvalue weighted by atomic mass is 10.1. The largest absolute Gasteiger partial charge is 0.394 e. The third kappa shape index (κ3) is 6.89. The van der Waals surface area contributed by atoms with E-state index in [1.54, 1.807) is 0 Å². The standard InChI is InChI=1S/C16H30O5/c1-2-3-4-5-6-7-8-9-10-20-16-14(19)12-21-15(16)13(18)11-17/h6-7,13-19H,2-5,8-12H2,1H3/b7-6+/t13-,14+,15+,16+/m0/s1. The first kappa shape index (κ1) is 18.6. The Labute approximate surface area is 127 Å². The molecule has 1 saturated heterocycles. The molecule has 0 aliphatic carbocycles. The van der Waals surface area contributed by atoms with Crippen molar-refractivity contribution >= 4 is 0 Å². The molecule has 5 nitrogen and oxygen atoms in total. The Kier molecular flexibility index (Phi) is 9.87. The number of allylic oxidation sites excluding steroid dienone is 2. The summed E-state index contributed by atoms with van der Waals surface area (Å²) in [6, 6.07) is 0. The van der Waals surface area contributed by atoms with Gasteiger partial charge in [-0.15, -0.1) is 0 Å². The Morgan fingerprint density at radius 2 is 1.95 bits per heavy atom. The summed E-state index contributed by atoms with van der Waals surface area (Å²) in [6.07, 6.45) is 8.16. The average molecular weight is 302 g/mol. The van der Waals surface area contributed by atoms with Gasteiger partial charge in [0.25, 0.3) is 0 Å². The van der Waals surface area contributed by atoms with E-state index in [-0.39, 0.29) is 6.61 Å². The van der Waals surface area contributed by atoms with Gasteiger partial charge >= 0.3 is 0 Å². The molecule has 1 aliphatic rings. The molecule has 124 valence electrons. The number of aliphatic hydroxyl groups excluding tert-OH is 3. The summed E-state index contributed by atoms with van der Waals surface area (Å²) < 4.78 is 10.9. The molecule has 3 N–H and O–H groups in total. The maximum absolute atomic E-state index is 9.77. The van der Waals surface area contributed by atoms with Gasteiger partial charge in [0, 0.05) is 6.61 Å². The molecule has 21 heavy (non-hydrogen) atoms. The minimum Gasteiger partial charge on any atom is -0.394 e. The Hall–Kier alpha value is -0.460. The normalized spacial score (nSPS) is 27.5. The van der Waals surface area contributed by atoms with E-state index in [0.717, 1.165) is 19.3 Å². The fourth-order valence-corrected chi connectivity index (χ4v) is 2.43. The van der Waals surface area contributed by atoms with Crippen LogP contribution < -0.4 is 0 Å². The van der Waals surface area contributed by atoms with Gasteiger partial charge in [0.05, 0.1) is 13.2 Å². The molecule has 4 atom stereocenters. The summed E-state index contributed by atoms with van der Waals surface area (Å²) in [6.45, 7) is 2.46. The van der Waals surface area contributed by atoms with Gasteiger partial charge in [0.15, 0.2) is 0 Å². The first-order chi connectivity index (χ1) is 10.2. The second-order valence-electron chi connectivity index (χ2n) is 5.56. The van der Waals surface area contributed by atoms with Crippen LogP contribution in [0.4, 0.5) is 0 Å². The molecule has 1 fully saturated rings. The van der Waals surface area contributed by atoms with Crippen LogP contribution in [0.3, 0.4) is 0 Å². The summed E-state index contributed by atoms with van der Waals surface area (Å²) in [5.41, 5.74) is 0. The molecular weight excluding hydrogens is 272 g/mol. The Balaban J connectivity index is 2.13. The van der Waals surface area contributed by atoms with E-state index in [2.05, 4.69) is 19.1 Å². The van der Waals surface area contributed by atoms with Crippen LogP contribution in [0, 0.1) is 0 Å². The zero-order valence-corrected chi connectivity index (χ0v) is 13.0. The van der Waals surface area contributed by atoms with E-state index < -0.39 is 31.0 Å². The topological polar surface area (TPSA) is 79.2 Å². The van der Waals surface area contributed by atoms with Crippen LogP contribution in [0.25, 0.3) is 0 Å². The lowest BCUT2D eigenvalue weighted by molar-refractivity contribution is -0.0935. The van der Waals surface area contributed by atoms with Crippen molar-refractivity contribution in [2.45, 2.75) is 69.9 Å². The molecule has 1 heterocycles. The van der Waals surface area contributed by atoms with E-state index >= 15 is 0 Å². The lowest BCUT2D eigenvalue weighted by Crippen LogP contribution is -2.42. The molecular formula is C16H30O5. The second-order valence-corrected chi connectivity index (χ2v) is 5.56. The van der Waals surface area contributed by atoms with Crippen molar-refractivity contribution in [3.63, 3.8) is 0 Å². The predicted molar refractivity (Wildman–Crippen MR) is 81.1 cm³/mol. The van der Waals surface area contributed by atoms with Crippen molar-refractivity contribution in [2.75, 3.05) is 19.8 Å². The smallest absolute Gasteiger partial charge is 0.114 e. The molecule has 0 aromatic heterocycles. The van der Waals surface area contributed by atoms with Crippen LogP contribution in [-0.2, 0) is 9.47 Å². The van der Waals surface area contributed by atoms with Gasteiger partial charge in [0.1, 0.15) is 24.4 Å². The third-order valence-electron chi connectivity index (χ3n) is 3.70. The van der Waals surface area contributed by atoms with E-state index in [1.165, 1.54) is 19.3 Å². The van der Waals surface area contributed by atoms with Crippen LogP contribution in [0.2, 0.25) is 0 Å². The minimum absolute atomic E-state index is 0.143. The molecule has 5 heteroatoms. The lowest BCUT2D eigenvalue weighted by Gasteiger charge is -2.23. The van der Waals surface area contributed by atoms with Gasteiger partial charge in [-0.25, -0.2) is 0 Å². The van der Waals surface area contributed by atoms with Gasteiger partial charge < -0.3 is 24.8 Å². The molecule has 0 spiro atoms. The van der Waals surface area contributed by atoms with E-state index in [4.69, 9.17) is 14.6 Å². The summed E-state index contributed by atoms with van der Waals surface area (Å²) in [5.74, 6) is 0. The highest BCUT2D eigenvalue weighted by Crippen LogP contribution is 2.21. The molecule has 1 rings (SSSR count). The minimum atomic E-state index is -1.01. The Morgan fingerprint density at radius 3 is 2.62 bits per heavy atom. The van der Waals surface area contributed by atoms with Crippen LogP contribution in [0.1, 0.15) is 45.4 Å². The maximum Gasteiger partial charge on any atom is 0.114 e. The first-order valence-electron chi connectivity index (χ1n) is 8.05. The number of hydrogen-bond donors (Lipinski definition) is 3. The fourth-order valence-electron chi connectivity index (χ4n) is 2.43. The molecule has 1 aliphatic heterocycles. The first-order valence-corrected chi connectivity index (χ1v) is 8.05. The number of ether oxygens (including phenoxy) is 2. The fraction of sp³-hybridized carbons (Fsp3) is 0.875. The quantitative estimate of drug-likeness (QED) is 0.397. The highest BCUT2D eigenvalue weighted by molar-refractivity contribution is 4.89. The molecule has 0 aromatic rings. The van der Waals surface area contributed by atoms with Crippen molar-refractivity contribution in [1.82, 2.24) is 0 Å². The van der Waals surface area contributed by atoms with Gasteiger partial charge in [-0.1, -0.05) is 31.9 Å². The van der Waals surface area contributed by atoms with Gasteiger partial charge in [0.2, 0.25) is 0 Å². The molecule has 0 saturated carbocycles. The number of rotatable bonds is 11. The SMILES string of the molecule is CCCCC/C=C/CCCO[C@H]1[C@@H]([C@@H](O)CO)OC[C@H]1O. The third-order valence-corrected chi connectivity index (χ3v) is 3.70. The van der Waals surface area contributed by atoms with Crippen molar-refractivity contribution in [3.8, 4) is 0 Å². The van der Waals surface area contributed by atoms with Crippen LogP contribution in [-0.4, -0.2) is 59.6 Å². The average Bonchev–Trinajstić information content (AvgIpc) is 2.86. The van der Waals surface area contributed by atoms with Crippen molar-refractivity contribution in [3.05, 3.63) is 12.2 Å².